The van der Waals surface area contributed by atoms with Gasteiger partial charge >= 0.3 is 0 Å². The Kier molecular flexibility index (Phi) is 8.63. The second-order valence-corrected chi connectivity index (χ2v) is 7.26. The number of halogens is 2. The fraction of sp³-hybridized carbons (Fsp3) is 0.500. The van der Waals surface area contributed by atoms with Crippen molar-refractivity contribution in [3.05, 3.63) is 22.2 Å². The Morgan fingerprint density at radius 3 is 2.43 bits per heavy atom. The van der Waals surface area contributed by atoms with Crippen LogP contribution in [0.25, 0.3) is 0 Å². The summed E-state index contributed by atoms with van der Waals surface area (Å²) in [6, 6.07) is 3.68. The summed E-state index contributed by atoms with van der Waals surface area (Å²) in [5.41, 5.74) is 7.62. The average Bonchev–Trinajstić information content (AvgIpc) is 2.39. The summed E-state index contributed by atoms with van der Waals surface area (Å²) in [5, 5.41) is 5.62. The molecule has 0 saturated heterocycles. The molecule has 0 aliphatic heterocycles. The van der Waals surface area contributed by atoms with Crippen molar-refractivity contribution >= 4 is 51.5 Å². The lowest BCUT2D eigenvalue weighted by Crippen LogP contribution is -2.35. The van der Waals surface area contributed by atoms with Gasteiger partial charge in [-0.15, -0.1) is 12.4 Å². The topological polar surface area (TPSA) is 84.2 Å². The van der Waals surface area contributed by atoms with Crippen LogP contribution in [0.3, 0.4) is 0 Å². The van der Waals surface area contributed by atoms with E-state index in [1.54, 1.807) is 6.07 Å². The van der Waals surface area contributed by atoms with E-state index >= 15 is 0 Å². The van der Waals surface area contributed by atoms with Crippen molar-refractivity contribution in [2.75, 3.05) is 17.6 Å². The Morgan fingerprint density at radius 2 is 1.87 bits per heavy atom. The standard InChI is InChI=1S/C16H24BrN3O2.ClH/c1-10-8-11(17)9-12(14(10)18)20-13(21)6-5-7-19-15(22)16(2,3)4;/h8-9H,5-7,18H2,1-4H3,(H,19,22)(H,20,21);1H. The Balaban J connectivity index is 0.00000484. The van der Waals surface area contributed by atoms with Gasteiger partial charge in [-0.25, -0.2) is 0 Å². The molecule has 4 N–H and O–H groups in total. The number of hydrogen-bond acceptors (Lipinski definition) is 3. The van der Waals surface area contributed by atoms with Gasteiger partial charge in [0.15, 0.2) is 0 Å². The predicted molar refractivity (Wildman–Crippen MR) is 101 cm³/mol. The number of nitrogen functional groups attached to an aromatic ring is 1. The van der Waals surface area contributed by atoms with Crippen LogP contribution in [0.4, 0.5) is 11.4 Å². The minimum atomic E-state index is -0.412. The number of hydrogen-bond donors (Lipinski definition) is 3. The van der Waals surface area contributed by atoms with Gasteiger partial charge in [0.25, 0.3) is 0 Å². The first-order valence-electron chi connectivity index (χ1n) is 7.25. The van der Waals surface area contributed by atoms with Crippen LogP contribution in [0, 0.1) is 12.3 Å². The van der Waals surface area contributed by atoms with Crippen molar-refractivity contribution in [3.63, 3.8) is 0 Å². The van der Waals surface area contributed by atoms with Crippen LogP contribution in [0.2, 0.25) is 0 Å². The normalized spacial score (nSPS) is 10.7. The van der Waals surface area contributed by atoms with Crippen molar-refractivity contribution in [3.8, 4) is 0 Å². The molecular weight excluding hydrogens is 382 g/mol. The van der Waals surface area contributed by atoms with Gasteiger partial charge in [0.1, 0.15) is 0 Å². The largest absolute Gasteiger partial charge is 0.397 e. The molecule has 0 aromatic heterocycles. The quantitative estimate of drug-likeness (QED) is 0.515. The first kappa shape index (κ1) is 21.7. The first-order valence-corrected chi connectivity index (χ1v) is 8.04. The average molecular weight is 407 g/mol. The molecule has 0 fully saturated rings. The lowest BCUT2D eigenvalue weighted by Gasteiger charge is -2.17. The molecule has 130 valence electrons. The highest BCUT2D eigenvalue weighted by atomic mass is 79.9. The highest BCUT2D eigenvalue weighted by Gasteiger charge is 2.20. The monoisotopic (exact) mass is 405 g/mol. The van der Waals surface area contributed by atoms with Crippen molar-refractivity contribution < 1.29 is 9.59 Å². The van der Waals surface area contributed by atoms with E-state index in [1.807, 2.05) is 33.8 Å². The molecule has 7 heteroatoms. The summed E-state index contributed by atoms with van der Waals surface area (Å²) < 4.78 is 0.868. The summed E-state index contributed by atoms with van der Waals surface area (Å²) >= 11 is 3.38. The maximum absolute atomic E-state index is 11.9. The van der Waals surface area contributed by atoms with Gasteiger partial charge in [0, 0.05) is 22.9 Å². The molecule has 0 aliphatic carbocycles. The molecular formula is C16H25BrClN3O2. The van der Waals surface area contributed by atoms with Crippen LogP contribution in [0.5, 0.6) is 0 Å². The SMILES string of the molecule is Cc1cc(Br)cc(NC(=O)CCCNC(=O)C(C)(C)C)c1N.Cl. The number of nitrogens with one attached hydrogen (secondary N) is 2. The molecule has 0 saturated carbocycles. The molecule has 0 spiro atoms. The number of benzene rings is 1. The van der Waals surface area contributed by atoms with Gasteiger partial charge < -0.3 is 16.4 Å². The van der Waals surface area contributed by atoms with E-state index in [1.165, 1.54) is 0 Å². The van der Waals surface area contributed by atoms with Crippen LogP contribution in [0.1, 0.15) is 39.2 Å². The molecule has 0 heterocycles. The molecule has 1 aromatic carbocycles. The van der Waals surface area contributed by atoms with Crippen molar-refractivity contribution in [1.82, 2.24) is 5.32 Å². The molecule has 0 radical (unpaired) electrons. The smallest absolute Gasteiger partial charge is 0.225 e. The number of carbonyl (C=O) groups is 2. The van der Waals surface area contributed by atoms with E-state index in [0.717, 1.165) is 10.0 Å². The summed E-state index contributed by atoms with van der Waals surface area (Å²) in [4.78, 5) is 23.6. The molecule has 0 atom stereocenters. The van der Waals surface area contributed by atoms with Crippen LogP contribution >= 0.6 is 28.3 Å². The zero-order valence-electron chi connectivity index (χ0n) is 14.0. The Bertz CT molecular complexity index is 571. The van der Waals surface area contributed by atoms with Crippen molar-refractivity contribution in [1.29, 1.82) is 0 Å². The van der Waals surface area contributed by atoms with Crippen LogP contribution in [0.15, 0.2) is 16.6 Å². The lowest BCUT2D eigenvalue weighted by molar-refractivity contribution is -0.128. The number of carbonyl (C=O) groups excluding carboxylic acids is 2. The molecule has 23 heavy (non-hydrogen) atoms. The van der Waals surface area contributed by atoms with Gasteiger partial charge in [-0.05, 0) is 31.0 Å². The summed E-state index contributed by atoms with van der Waals surface area (Å²) in [6.07, 6.45) is 0.913. The Morgan fingerprint density at radius 1 is 1.26 bits per heavy atom. The summed E-state index contributed by atoms with van der Waals surface area (Å²) in [7, 11) is 0. The third-order valence-electron chi connectivity index (χ3n) is 3.17. The zero-order chi connectivity index (χ0) is 16.9. The molecule has 1 aromatic rings. The van der Waals surface area contributed by atoms with Crippen LogP contribution in [-0.4, -0.2) is 18.4 Å². The highest BCUT2D eigenvalue weighted by molar-refractivity contribution is 9.10. The minimum Gasteiger partial charge on any atom is -0.397 e. The number of aryl methyl sites for hydroxylation is 1. The van der Waals surface area contributed by atoms with Gasteiger partial charge in [0.05, 0.1) is 11.4 Å². The van der Waals surface area contributed by atoms with Crippen molar-refractivity contribution in [2.24, 2.45) is 5.41 Å². The van der Waals surface area contributed by atoms with Gasteiger partial charge in [-0.2, -0.15) is 0 Å². The second kappa shape index (κ2) is 9.13. The van der Waals surface area contributed by atoms with E-state index in [9.17, 15) is 9.59 Å². The molecule has 1 rings (SSSR count). The van der Waals surface area contributed by atoms with Crippen molar-refractivity contribution in [2.45, 2.75) is 40.5 Å². The van der Waals surface area contributed by atoms with E-state index < -0.39 is 5.41 Å². The van der Waals surface area contributed by atoms with E-state index in [-0.39, 0.29) is 24.2 Å². The summed E-state index contributed by atoms with van der Waals surface area (Å²) in [5.74, 6) is -0.131. The number of rotatable bonds is 5. The zero-order valence-corrected chi connectivity index (χ0v) is 16.4. The van der Waals surface area contributed by atoms with E-state index in [0.29, 0.717) is 30.8 Å². The molecule has 2 amide bonds. The number of nitrogens with two attached hydrogens (primary N) is 1. The van der Waals surface area contributed by atoms with Gasteiger partial charge in [-0.1, -0.05) is 36.7 Å². The van der Waals surface area contributed by atoms with E-state index in [4.69, 9.17) is 5.73 Å². The number of anilines is 2. The van der Waals surface area contributed by atoms with Crippen LogP contribution in [-0.2, 0) is 9.59 Å². The fourth-order valence-electron chi connectivity index (χ4n) is 1.79. The molecule has 0 unspecified atom stereocenters. The maximum Gasteiger partial charge on any atom is 0.225 e. The van der Waals surface area contributed by atoms with Crippen LogP contribution < -0.4 is 16.4 Å². The molecule has 0 aliphatic rings. The minimum absolute atomic E-state index is 0. The third-order valence-corrected chi connectivity index (χ3v) is 3.63. The van der Waals surface area contributed by atoms with E-state index in [2.05, 4.69) is 26.6 Å². The fourth-order valence-corrected chi connectivity index (χ4v) is 2.36. The van der Waals surface area contributed by atoms with Gasteiger partial charge in [0.2, 0.25) is 11.8 Å². The molecule has 0 bridgehead atoms. The third kappa shape index (κ3) is 7.22. The maximum atomic E-state index is 11.9. The Hall–Kier alpha value is -1.27. The molecule has 5 nitrogen and oxygen atoms in total. The number of amides is 2. The predicted octanol–water partition coefficient (Wildman–Crippen LogP) is 3.64. The summed E-state index contributed by atoms with van der Waals surface area (Å²) in [6.45, 7) is 7.93. The first-order chi connectivity index (χ1) is 10.1. The second-order valence-electron chi connectivity index (χ2n) is 6.34. The van der Waals surface area contributed by atoms with Gasteiger partial charge in [-0.3, -0.25) is 9.59 Å². The highest BCUT2D eigenvalue weighted by Crippen LogP contribution is 2.27. The Labute approximate surface area is 152 Å². The lowest BCUT2D eigenvalue weighted by atomic mass is 9.96.